The number of hydrogen-bond donors (Lipinski definition) is 2. The predicted octanol–water partition coefficient (Wildman–Crippen LogP) is 1.76. The Morgan fingerprint density at radius 2 is 1.88 bits per heavy atom. The van der Waals surface area contributed by atoms with Crippen molar-refractivity contribution in [1.29, 1.82) is 0 Å². The number of rotatable bonds is 3. The third kappa shape index (κ3) is 2.23. The lowest BCUT2D eigenvalue weighted by Gasteiger charge is -2.64. The molecule has 0 saturated heterocycles. The number of alkyl carbamates (subject to hydrolysis) is 1. The van der Waals surface area contributed by atoms with Crippen molar-refractivity contribution in [2.45, 2.75) is 51.7 Å². The predicted molar refractivity (Wildman–Crippen MR) is 60.6 cm³/mol. The zero-order valence-corrected chi connectivity index (χ0v) is 10.4. The Labute approximate surface area is 101 Å². The lowest BCUT2D eigenvalue weighted by atomic mass is 9.42. The number of hydrogen-bond acceptors (Lipinski definition) is 3. The molecule has 0 aromatic rings. The van der Waals surface area contributed by atoms with Crippen molar-refractivity contribution >= 4 is 12.1 Å². The first kappa shape index (κ1) is 12.2. The van der Waals surface area contributed by atoms with Crippen LogP contribution in [0, 0.1) is 11.3 Å². The summed E-state index contributed by atoms with van der Waals surface area (Å²) in [5.41, 5.74) is -0.806. The van der Waals surface area contributed by atoms with Crippen molar-refractivity contribution in [2.75, 3.05) is 0 Å². The Balaban J connectivity index is 1.94. The highest BCUT2D eigenvalue weighted by Gasteiger charge is 2.63. The molecule has 2 N–H and O–H groups in total. The van der Waals surface area contributed by atoms with Crippen LogP contribution in [-0.2, 0) is 9.53 Å². The molecule has 2 bridgehead atoms. The maximum atomic E-state index is 11.6. The third-order valence-corrected chi connectivity index (χ3v) is 3.61. The van der Waals surface area contributed by atoms with Gasteiger partial charge in [0.1, 0.15) is 11.6 Å². The molecular weight excluding hydrogens is 222 g/mol. The molecule has 3 aliphatic carbocycles. The van der Waals surface area contributed by atoms with E-state index in [2.05, 4.69) is 5.32 Å². The molecule has 1 unspecified atom stereocenters. The molecule has 5 heteroatoms. The minimum absolute atomic E-state index is 0.201. The van der Waals surface area contributed by atoms with Crippen molar-refractivity contribution < 1.29 is 19.4 Å². The number of carboxylic acid groups (broad SMARTS) is 1. The summed E-state index contributed by atoms with van der Waals surface area (Å²) >= 11 is 0. The molecule has 1 amide bonds. The quantitative estimate of drug-likeness (QED) is 0.789. The normalized spacial score (nSPS) is 31.8. The van der Waals surface area contributed by atoms with Gasteiger partial charge in [0.05, 0.1) is 0 Å². The minimum atomic E-state index is -0.964. The zero-order valence-electron chi connectivity index (χ0n) is 10.4. The van der Waals surface area contributed by atoms with Gasteiger partial charge in [0.25, 0.3) is 0 Å². The number of carbonyl (C=O) groups excluding carboxylic acids is 1. The van der Waals surface area contributed by atoms with Gasteiger partial charge in [-0.25, -0.2) is 9.59 Å². The molecule has 0 radical (unpaired) electrons. The average molecular weight is 241 g/mol. The third-order valence-electron chi connectivity index (χ3n) is 3.61. The molecule has 0 aromatic heterocycles. The fraction of sp³-hybridized carbons (Fsp3) is 0.833. The summed E-state index contributed by atoms with van der Waals surface area (Å²) in [4.78, 5) is 22.8. The number of aliphatic carboxylic acids is 1. The molecule has 3 aliphatic rings. The molecule has 17 heavy (non-hydrogen) atoms. The maximum absolute atomic E-state index is 11.6. The molecule has 3 rings (SSSR count). The average Bonchev–Trinajstić information content (AvgIpc) is 1.92. The van der Waals surface area contributed by atoms with Crippen LogP contribution in [-0.4, -0.2) is 28.8 Å². The van der Waals surface area contributed by atoms with Crippen LogP contribution < -0.4 is 5.32 Å². The van der Waals surface area contributed by atoms with Crippen LogP contribution in [0.4, 0.5) is 4.79 Å². The van der Waals surface area contributed by atoms with Gasteiger partial charge >= 0.3 is 12.1 Å². The van der Waals surface area contributed by atoms with Gasteiger partial charge in [0.15, 0.2) is 0 Å². The second-order valence-corrected chi connectivity index (χ2v) is 6.26. The summed E-state index contributed by atoms with van der Waals surface area (Å²) in [5, 5.41) is 11.7. The van der Waals surface area contributed by atoms with Crippen molar-refractivity contribution in [2.24, 2.45) is 11.3 Å². The van der Waals surface area contributed by atoms with E-state index in [9.17, 15) is 14.7 Å². The Bertz CT molecular complexity index is 341. The van der Waals surface area contributed by atoms with E-state index in [0.717, 1.165) is 19.3 Å². The van der Waals surface area contributed by atoms with Crippen LogP contribution in [0.1, 0.15) is 40.0 Å². The van der Waals surface area contributed by atoms with Crippen LogP contribution in [0.15, 0.2) is 0 Å². The van der Waals surface area contributed by atoms with Crippen molar-refractivity contribution in [3.05, 3.63) is 0 Å². The van der Waals surface area contributed by atoms with Gasteiger partial charge in [-0.1, -0.05) is 0 Å². The van der Waals surface area contributed by atoms with Crippen LogP contribution in [0.2, 0.25) is 0 Å². The number of carbonyl (C=O) groups is 2. The van der Waals surface area contributed by atoms with Crippen LogP contribution in [0.5, 0.6) is 0 Å². The highest BCUT2D eigenvalue weighted by molar-refractivity contribution is 5.81. The Morgan fingerprint density at radius 1 is 1.35 bits per heavy atom. The standard InChI is InChI=1S/C12H19NO4/c1-11(2,3)17-10(16)13-8(9(14)15)12-4-7(5-12)6-12/h7-8H,4-6H2,1-3H3,(H,13,16)(H,14,15). The Kier molecular flexibility index (Phi) is 2.60. The smallest absolute Gasteiger partial charge is 0.408 e. The van der Waals surface area contributed by atoms with Crippen molar-refractivity contribution in [3.63, 3.8) is 0 Å². The van der Waals surface area contributed by atoms with Gasteiger partial charge < -0.3 is 15.2 Å². The highest BCUT2D eigenvalue weighted by atomic mass is 16.6. The largest absolute Gasteiger partial charge is 0.480 e. The van der Waals surface area contributed by atoms with E-state index < -0.39 is 23.7 Å². The molecule has 3 fully saturated rings. The maximum Gasteiger partial charge on any atom is 0.408 e. The number of carboxylic acids is 1. The van der Waals surface area contributed by atoms with Crippen LogP contribution in [0.25, 0.3) is 0 Å². The fourth-order valence-corrected chi connectivity index (χ4v) is 2.80. The van der Waals surface area contributed by atoms with Gasteiger partial charge in [0.2, 0.25) is 0 Å². The topological polar surface area (TPSA) is 75.6 Å². The Morgan fingerprint density at radius 3 is 2.18 bits per heavy atom. The summed E-state index contributed by atoms with van der Waals surface area (Å²) in [6.07, 6.45) is 2.11. The second kappa shape index (κ2) is 3.62. The van der Waals surface area contributed by atoms with Crippen LogP contribution >= 0.6 is 0 Å². The monoisotopic (exact) mass is 241 g/mol. The lowest BCUT2D eigenvalue weighted by Crippen LogP contribution is -2.66. The summed E-state index contributed by atoms with van der Waals surface area (Å²) in [7, 11) is 0. The van der Waals surface area contributed by atoms with E-state index in [1.165, 1.54) is 0 Å². The molecule has 0 spiro atoms. The summed E-state index contributed by atoms with van der Waals surface area (Å²) in [5.74, 6) is -0.286. The Hall–Kier alpha value is -1.26. The highest BCUT2D eigenvalue weighted by Crippen LogP contribution is 2.66. The summed E-state index contributed by atoms with van der Waals surface area (Å²) in [6, 6.07) is -0.803. The van der Waals surface area contributed by atoms with Crippen LogP contribution in [0.3, 0.4) is 0 Å². The first-order valence-electron chi connectivity index (χ1n) is 5.94. The van der Waals surface area contributed by atoms with Gasteiger partial charge in [-0.2, -0.15) is 0 Å². The molecule has 0 heterocycles. The molecule has 0 aliphatic heterocycles. The minimum Gasteiger partial charge on any atom is -0.480 e. The zero-order chi connectivity index (χ0) is 12.8. The van der Waals surface area contributed by atoms with E-state index in [1.807, 2.05) is 0 Å². The summed E-state index contributed by atoms with van der Waals surface area (Å²) < 4.78 is 5.09. The van der Waals surface area contributed by atoms with E-state index in [1.54, 1.807) is 20.8 Å². The number of nitrogens with one attached hydrogen (secondary N) is 1. The van der Waals surface area contributed by atoms with Gasteiger partial charge in [-0.05, 0) is 46.0 Å². The first-order chi connectivity index (χ1) is 7.72. The molecule has 1 atom stereocenters. The SMILES string of the molecule is CC(C)(C)OC(=O)NC(C(=O)O)C12CC(C1)C2. The second-order valence-electron chi connectivity index (χ2n) is 6.26. The molecular formula is C12H19NO4. The van der Waals surface area contributed by atoms with Gasteiger partial charge in [-0.15, -0.1) is 0 Å². The number of ether oxygens (including phenoxy) is 1. The fourth-order valence-electron chi connectivity index (χ4n) is 2.80. The first-order valence-corrected chi connectivity index (χ1v) is 5.94. The van der Waals surface area contributed by atoms with E-state index in [0.29, 0.717) is 5.92 Å². The lowest BCUT2D eigenvalue weighted by molar-refractivity contribution is -0.169. The van der Waals surface area contributed by atoms with Crippen molar-refractivity contribution in [3.8, 4) is 0 Å². The van der Waals surface area contributed by atoms with E-state index in [-0.39, 0.29) is 5.41 Å². The number of amides is 1. The van der Waals surface area contributed by atoms with E-state index in [4.69, 9.17) is 4.74 Å². The van der Waals surface area contributed by atoms with Gasteiger partial charge in [0, 0.05) is 5.41 Å². The molecule has 96 valence electrons. The van der Waals surface area contributed by atoms with Crippen molar-refractivity contribution in [1.82, 2.24) is 5.32 Å². The summed E-state index contributed by atoms with van der Waals surface area (Å²) in [6.45, 7) is 5.26. The molecule has 3 saturated carbocycles. The van der Waals surface area contributed by atoms with Gasteiger partial charge in [-0.3, -0.25) is 0 Å². The van der Waals surface area contributed by atoms with E-state index >= 15 is 0 Å². The molecule has 0 aromatic carbocycles. The molecule has 5 nitrogen and oxygen atoms in total.